The highest BCUT2D eigenvalue weighted by atomic mass is 16.5. The number of nitrogens with zero attached hydrogens (tertiary/aromatic N) is 3. The van der Waals surface area contributed by atoms with Crippen molar-refractivity contribution in [2.24, 2.45) is 7.05 Å². The van der Waals surface area contributed by atoms with Crippen LogP contribution in [0.2, 0.25) is 0 Å². The van der Waals surface area contributed by atoms with Crippen LogP contribution >= 0.6 is 0 Å². The zero-order valence-electron chi connectivity index (χ0n) is 16.4. The van der Waals surface area contributed by atoms with Gasteiger partial charge >= 0.3 is 0 Å². The Kier molecular flexibility index (Phi) is 5.71. The summed E-state index contributed by atoms with van der Waals surface area (Å²) < 4.78 is 7.79. The number of ether oxygens (including phenoxy) is 1. The lowest BCUT2D eigenvalue weighted by Gasteiger charge is -2.20. The SMILES string of the molecule is CN(Cc1cn(C)nc1-c1ccc(Oc2ccccc2)cc1)CC1CCNN1. The van der Waals surface area contributed by atoms with Crippen LogP contribution in [0.1, 0.15) is 12.0 Å². The maximum absolute atomic E-state index is 5.90. The van der Waals surface area contributed by atoms with E-state index in [1.807, 2.05) is 54.2 Å². The highest BCUT2D eigenvalue weighted by Crippen LogP contribution is 2.27. The molecule has 1 aromatic heterocycles. The lowest BCUT2D eigenvalue weighted by molar-refractivity contribution is 0.289. The van der Waals surface area contributed by atoms with E-state index < -0.39 is 0 Å². The molecule has 2 heterocycles. The molecule has 1 saturated heterocycles. The average Bonchev–Trinajstić information content (AvgIpc) is 3.33. The summed E-state index contributed by atoms with van der Waals surface area (Å²) in [6.07, 6.45) is 3.27. The van der Waals surface area contributed by atoms with E-state index in [1.165, 1.54) is 5.56 Å². The second kappa shape index (κ2) is 8.56. The van der Waals surface area contributed by atoms with Gasteiger partial charge in [0.2, 0.25) is 0 Å². The molecule has 6 nitrogen and oxygen atoms in total. The lowest BCUT2D eigenvalue weighted by atomic mass is 10.1. The van der Waals surface area contributed by atoms with Gasteiger partial charge < -0.3 is 9.64 Å². The number of hydrogen-bond acceptors (Lipinski definition) is 5. The number of hydrogen-bond donors (Lipinski definition) is 2. The van der Waals surface area contributed by atoms with Gasteiger partial charge in [0.1, 0.15) is 11.5 Å². The van der Waals surface area contributed by atoms with Crippen molar-refractivity contribution in [3.05, 3.63) is 66.4 Å². The van der Waals surface area contributed by atoms with E-state index in [9.17, 15) is 0 Å². The number of aryl methyl sites for hydroxylation is 1. The van der Waals surface area contributed by atoms with E-state index in [4.69, 9.17) is 9.84 Å². The molecule has 0 radical (unpaired) electrons. The molecule has 1 atom stereocenters. The Morgan fingerprint density at radius 3 is 2.57 bits per heavy atom. The number of nitrogens with one attached hydrogen (secondary N) is 2. The Labute approximate surface area is 166 Å². The highest BCUT2D eigenvalue weighted by Gasteiger charge is 2.18. The molecular weight excluding hydrogens is 350 g/mol. The van der Waals surface area contributed by atoms with Crippen molar-refractivity contribution in [2.45, 2.75) is 19.0 Å². The quantitative estimate of drug-likeness (QED) is 0.662. The van der Waals surface area contributed by atoms with Gasteiger partial charge in [0.05, 0.1) is 5.69 Å². The smallest absolute Gasteiger partial charge is 0.127 e. The number of benzene rings is 2. The molecule has 1 unspecified atom stereocenters. The third-order valence-electron chi connectivity index (χ3n) is 4.91. The fourth-order valence-electron chi connectivity index (χ4n) is 3.61. The molecule has 3 aromatic rings. The predicted octanol–water partition coefficient (Wildman–Crippen LogP) is 3.18. The highest BCUT2D eigenvalue weighted by molar-refractivity contribution is 5.63. The van der Waals surface area contributed by atoms with Crippen LogP contribution in [-0.4, -0.2) is 40.9 Å². The summed E-state index contributed by atoms with van der Waals surface area (Å²) in [5, 5.41) is 4.70. The molecule has 0 bridgehead atoms. The molecule has 0 aliphatic carbocycles. The van der Waals surface area contributed by atoms with Crippen molar-refractivity contribution in [3.63, 3.8) is 0 Å². The first kappa shape index (κ1) is 18.7. The van der Waals surface area contributed by atoms with Crippen LogP contribution in [0.3, 0.4) is 0 Å². The molecule has 4 rings (SSSR count). The molecule has 0 amide bonds. The van der Waals surface area contributed by atoms with Crippen LogP contribution in [0.25, 0.3) is 11.3 Å². The molecule has 1 fully saturated rings. The minimum absolute atomic E-state index is 0.500. The second-order valence-corrected chi connectivity index (χ2v) is 7.37. The summed E-state index contributed by atoms with van der Waals surface area (Å²) in [6, 6.07) is 18.5. The second-order valence-electron chi connectivity index (χ2n) is 7.37. The lowest BCUT2D eigenvalue weighted by Crippen LogP contribution is -2.38. The Balaban J connectivity index is 1.46. The van der Waals surface area contributed by atoms with Crippen molar-refractivity contribution >= 4 is 0 Å². The molecule has 2 N–H and O–H groups in total. The van der Waals surface area contributed by atoms with Gasteiger partial charge in [-0.3, -0.25) is 15.5 Å². The fourth-order valence-corrected chi connectivity index (χ4v) is 3.61. The van der Waals surface area contributed by atoms with E-state index in [0.29, 0.717) is 6.04 Å². The maximum Gasteiger partial charge on any atom is 0.127 e. The minimum Gasteiger partial charge on any atom is -0.457 e. The van der Waals surface area contributed by atoms with Crippen LogP contribution in [0.15, 0.2) is 60.8 Å². The predicted molar refractivity (Wildman–Crippen MR) is 111 cm³/mol. The standard InChI is InChI=1S/C22H27N5O/c1-26(16-19-12-13-23-24-19)14-18-15-27(2)25-22(18)17-8-10-21(11-9-17)28-20-6-4-3-5-7-20/h3-11,15,19,23-24H,12-14,16H2,1-2H3. The monoisotopic (exact) mass is 377 g/mol. The normalized spacial score (nSPS) is 16.6. The van der Waals surface area contributed by atoms with Gasteiger partial charge in [0, 0.05) is 50.0 Å². The number of rotatable bonds is 7. The Morgan fingerprint density at radius 2 is 1.86 bits per heavy atom. The van der Waals surface area contributed by atoms with Gasteiger partial charge in [-0.05, 0) is 49.9 Å². The van der Waals surface area contributed by atoms with E-state index >= 15 is 0 Å². The van der Waals surface area contributed by atoms with Gasteiger partial charge in [0.25, 0.3) is 0 Å². The first-order valence-corrected chi connectivity index (χ1v) is 9.70. The molecular formula is C22H27N5O. The molecule has 1 aliphatic heterocycles. The molecule has 146 valence electrons. The summed E-state index contributed by atoms with van der Waals surface area (Å²) in [4.78, 5) is 2.35. The van der Waals surface area contributed by atoms with E-state index in [1.54, 1.807) is 0 Å². The molecule has 0 spiro atoms. The van der Waals surface area contributed by atoms with Gasteiger partial charge in [-0.25, -0.2) is 0 Å². The largest absolute Gasteiger partial charge is 0.457 e. The Hall–Kier alpha value is -2.67. The maximum atomic E-state index is 5.90. The molecule has 28 heavy (non-hydrogen) atoms. The molecule has 2 aromatic carbocycles. The Bertz CT molecular complexity index is 885. The number of hydrazine groups is 1. The summed E-state index contributed by atoms with van der Waals surface area (Å²) in [7, 11) is 4.13. The van der Waals surface area contributed by atoms with Crippen molar-refractivity contribution in [2.75, 3.05) is 20.1 Å². The summed E-state index contributed by atoms with van der Waals surface area (Å²) in [6.45, 7) is 2.91. The number of likely N-dealkylation sites (N-methyl/N-ethyl adjacent to an activating group) is 1. The van der Waals surface area contributed by atoms with Gasteiger partial charge in [-0.15, -0.1) is 0 Å². The van der Waals surface area contributed by atoms with Gasteiger partial charge in [-0.1, -0.05) is 18.2 Å². The summed E-state index contributed by atoms with van der Waals surface area (Å²) in [5.74, 6) is 1.66. The van der Waals surface area contributed by atoms with Gasteiger partial charge in [-0.2, -0.15) is 5.10 Å². The average molecular weight is 377 g/mol. The van der Waals surface area contributed by atoms with Crippen molar-refractivity contribution in [3.8, 4) is 22.8 Å². The first-order chi connectivity index (χ1) is 13.7. The summed E-state index contributed by atoms with van der Waals surface area (Å²) >= 11 is 0. The van der Waals surface area contributed by atoms with Crippen LogP contribution < -0.4 is 15.6 Å². The third-order valence-corrected chi connectivity index (χ3v) is 4.91. The first-order valence-electron chi connectivity index (χ1n) is 9.70. The zero-order valence-corrected chi connectivity index (χ0v) is 16.4. The van der Waals surface area contributed by atoms with E-state index in [2.05, 4.69) is 41.1 Å². The van der Waals surface area contributed by atoms with Crippen LogP contribution in [-0.2, 0) is 13.6 Å². The molecule has 6 heteroatoms. The number of para-hydroxylation sites is 1. The van der Waals surface area contributed by atoms with Crippen LogP contribution in [0.4, 0.5) is 0 Å². The van der Waals surface area contributed by atoms with Crippen LogP contribution in [0.5, 0.6) is 11.5 Å². The summed E-state index contributed by atoms with van der Waals surface area (Å²) in [5.41, 5.74) is 9.88. The fraction of sp³-hybridized carbons (Fsp3) is 0.318. The Morgan fingerprint density at radius 1 is 1.11 bits per heavy atom. The van der Waals surface area contributed by atoms with E-state index in [0.717, 1.165) is 48.8 Å². The topological polar surface area (TPSA) is 54.4 Å². The zero-order chi connectivity index (χ0) is 19.3. The van der Waals surface area contributed by atoms with Crippen molar-refractivity contribution < 1.29 is 4.74 Å². The van der Waals surface area contributed by atoms with Crippen molar-refractivity contribution in [1.29, 1.82) is 0 Å². The minimum atomic E-state index is 0.500. The molecule has 0 saturated carbocycles. The van der Waals surface area contributed by atoms with Gasteiger partial charge in [0.15, 0.2) is 0 Å². The van der Waals surface area contributed by atoms with Crippen LogP contribution in [0, 0.1) is 0 Å². The van der Waals surface area contributed by atoms with E-state index in [-0.39, 0.29) is 0 Å². The third kappa shape index (κ3) is 4.59. The van der Waals surface area contributed by atoms with Crippen molar-refractivity contribution in [1.82, 2.24) is 25.5 Å². The number of aromatic nitrogens is 2. The molecule has 1 aliphatic rings.